The Labute approximate surface area is 155 Å². The molecule has 0 unspecified atom stereocenters. The van der Waals surface area contributed by atoms with Gasteiger partial charge in [-0.2, -0.15) is 0 Å². The van der Waals surface area contributed by atoms with E-state index in [1.807, 2.05) is 22.8 Å². The highest BCUT2D eigenvalue weighted by molar-refractivity contribution is 5.79. The van der Waals surface area contributed by atoms with Gasteiger partial charge in [0.15, 0.2) is 0 Å². The number of nitrogens with one attached hydrogen (secondary N) is 1. The van der Waals surface area contributed by atoms with E-state index < -0.39 is 0 Å². The maximum absolute atomic E-state index is 13.3. The van der Waals surface area contributed by atoms with Crippen LogP contribution in [0.3, 0.4) is 0 Å². The summed E-state index contributed by atoms with van der Waals surface area (Å²) in [6.45, 7) is 11.9. The molecule has 1 atom stereocenters. The summed E-state index contributed by atoms with van der Waals surface area (Å²) in [6, 6.07) is 5.67. The van der Waals surface area contributed by atoms with Crippen molar-refractivity contribution in [3.8, 4) is 5.75 Å². The van der Waals surface area contributed by atoms with Gasteiger partial charge in [-0.25, -0.2) is 4.98 Å². The lowest BCUT2D eigenvalue weighted by Gasteiger charge is -2.25. The Kier molecular flexibility index (Phi) is 5.97. The van der Waals surface area contributed by atoms with Crippen molar-refractivity contribution in [3.05, 3.63) is 34.4 Å². The van der Waals surface area contributed by atoms with Gasteiger partial charge >= 0.3 is 0 Å². The first-order valence-electron chi connectivity index (χ1n) is 9.83. The molecule has 1 N–H and O–H groups in total. The van der Waals surface area contributed by atoms with Crippen LogP contribution in [0.25, 0.3) is 10.9 Å². The second-order valence-corrected chi connectivity index (χ2v) is 8.14. The van der Waals surface area contributed by atoms with Gasteiger partial charge in [-0.15, -0.1) is 0 Å². The first-order chi connectivity index (χ1) is 12.5. The van der Waals surface area contributed by atoms with E-state index in [9.17, 15) is 4.79 Å². The Balaban J connectivity index is 2.00. The fourth-order valence-electron chi connectivity index (χ4n) is 3.53. The van der Waals surface area contributed by atoms with E-state index in [1.165, 1.54) is 6.42 Å². The summed E-state index contributed by atoms with van der Waals surface area (Å²) in [7, 11) is 0. The minimum Gasteiger partial charge on any atom is -0.493 e. The van der Waals surface area contributed by atoms with Crippen LogP contribution in [-0.2, 0) is 6.54 Å². The van der Waals surface area contributed by atoms with Crippen LogP contribution in [0.5, 0.6) is 5.75 Å². The molecule has 5 nitrogen and oxygen atoms in total. The molecule has 0 saturated carbocycles. The molecule has 0 spiro atoms. The van der Waals surface area contributed by atoms with E-state index in [4.69, 9.17) is 9.72 Å². The zero-order valence-corrected chi connectivity index (χ0v) is 16.4. The summed E-state index contributed by atoms with van der Waals surface area (Å²) in [5, 5.41) is 4.09. The summed E-state index contributed by atoms with van der Waals surface area (Å²) in [5.74, 6) is 2.76. The van der Waals surface area contributed by atoms with Gasteiger partial charge < -0.3 is 10.1 Å². The van der Waals surface area contributed by atoms with Crippen molar-refractivity contribution in [2.75, 3.05) is 19.7 Å². The number of aromatic nitrogens is 2. The molecule has 1 saturated heterocycles. The quantitative estimate of drug-likeness (QED) is 0.859. The molecule has 0 amide bonds. The van der Waals surface area contributed by atoms with E-state index in [-0.39, 0.29) is 11.5 Å². The molecule has 142 valence electrons. The minimum absolute atomic E-state index is 0.0549. The molecule has 0 aliphatic carbocycles. The molecule has 1 aliphatic rings. The fraction of sp³-hybridized carbons (Fsp3) is 0.619. The van der Waals surface area contributed by atoms with Gasteiger partial charge in [-0.05, 0) is 56.0 Å². The van der Waals surface area contributed by atoms with Crippen LogP contribution in [0, 0.1) is 11.8 Å². The Morgan fingerprint density at radius 2 is 2.12 bits per heavy atom. The normalized spacial score (nSPS) is 18.0. The Morgan fingerprint density at radius 3 is 2.77 bits per heavy atom. The number of benzene rings is 1. The van der Waals surface area contributed by atoms with Crippen LogP contribution in [-0.4, -0.2) is 29.2 Å². The maximum Gasteiger partial charge on any atom is 0.261 e. The number of piperidine rings is 1. The largest absolute Gasteiger partial charge is 0.493 e. The van der Waals surface area contributed by atoms with Crippen LogP contribution >= 0.6 is 0 Å². The molecule has 1 aromatic heterocycles. The zero-order chi connectivity index (χ0) is 18.7. The minimum atomic E-state index is 0.0549. The molecule has 1 fully saturated rings. The van der Waals surface area contributed by atoms with Crippen LogP contribution in [0.4, 0.5) is 0 Å². The predicted octanol–water partition coefficient (Wildman–Crippen LogP) is 3.55. The van der Waals surface area contributed by atoms with Gasteiger partial charge in [-0.1, -0.05) is 27.7 Å². The van der Waals surface area contributed by atoms with E-state index in [1.54, 1.807) is 0 Å². The molecule has 2 heterocycles. The van der Waals surface area contributed by atoms with Gasteiger partial charge in [0.2, 0.25) is 0 Å². The van der Waals surface area contributed by atoms with E-state index in [0.717, 1.165) is 43.1 Å². The van der Waals surface area contributed by atoms with Crippen LogP contribution < -0.4 is 15.6 Å². The molecule has 2 aromatic rings. The lowest BCUT2D eigenvalue weighted by molar-refractivity contribution is 0.271. The Hall–Kier alpha value is -1.88. The van der Waals surface area contributed by atoms with E-state index >= 15 is 0 Å². The summed E-state index contributed by atoms with van der Waals surface area (Å²) in [5.41, 5.74) is 0.813. The van der Waals surface area contributed by atoms with Gasteiger partial charge in [0.1, 0.15) is 11.6 Å². The summed E-state index contributed by atoms with van der Waals surface area (Å²) < 4.78 is 7.71. The number of rotatable bonds is 6. The van der Waals surface area contributed by atoms with Gasteiger partial charge in [-0.3, -0.25) is 9.36 Å². The molecule has 3 rings (SSSR count). The average molecular weight is 357 g/mol. The third kappa shape index (κ3) is 4.26. The molecule has 1 aliphatic heterocycles. The third-order valence-corrected chi connectivity index (χ3v) is 4.89. The second-order valence-electron chi connectivity index (χ2n) is 8.14. The van der Waals surface area contributed by atoms with E-state index in [2.05, 4.69) is 33.0 Å². The molecule has 5 heteroatoms. The molecule has 0 radical (unpaired) electrons. The second kappa shape index (κ2) is 8.21. The number of hydrogen-bond acceptors (Lipinski definition) is 4. The monoisotopic (exact) mass is 357 g/mol. The molecular formula is C21H31N3O2. The third-order valence-electron chi connectivity index (χ3n) is 4.89. The van der Waals surface area contributed by atoms with Gasteiger partial charge in [0, 0.05) is 12.5 Å². The van der Waals surface area contributed by atoms with Crippen molar-refractivity contribution >= 4 is 10.9 Å². The van der Waals surface area contributed by atoms with Gasteiger partial charge in [0.05, 0.1) is 17.5 Å². The smallest absolute Gasteiger partial charge is 0.261 e. The molecule has 0 bridgehead atoms. The molecular weight excluding hydrogens is 326 g/mol. The first kappa shape index (κ1) is 18.9. The highest BCUT2D eigenvalue weighted by Gasteiger charge is 2.19. The van der Waals surface area contributed by atoms with Crippen molar-refractivity contribution in [2.45, 2.75) is 53.0 Å². The SMILES string of the molecule is CC(C)COc1ccc2nc(C(C)C)n(C[C@H]3CCCNC3)c(=O)c2c1. The average Bonchev–Trinajstić information content (AvgIpc) is 2.63. The maximum atomic E-state index is 13.3. The predicted molar refractivity (Wildman–Crippen MR) is 106 cm³/mol. The van der Waals surface area contributed by atoms with Crippen LogP contribution in [0.15, 0.2) is 23.0 Å². The zero-order valence-electron chi connectivity index (χ0n) is 16.4. The van der Waals surface area contributed by atoms with Crippen molar-refractivity contribution < 1.29 is 4.74 Å². The summed E-state index contributed by atoms with van der Waals surface area (Å²) in [6.07, 6.45) is 2.33. The lowest BCUT2D eigenvalue weighted by atomic mass is 9.99. The van der Waals surface area contributed by atoms with Crippen molar-refractivity contribution in [2.24, 2.45) is 11.8 Å². The van der Waals surface area contributed by atoms with Gasteiger partial charge in [0.25, 0.3) is 5.56 Å². The Morgan fingerprint density at radius 1 is 1.31 bits per heavy atom. The number of fused-ring (bicyclic) bond motifs is 1. The number of hydrogen-bond donors (Lipinski definition) is 1. The first-order valence-corrected chi connectivity index (χ1v) is 9.83. The van der Waals surface area contributed by atoms with Crippen LogP contribution in [0.2, 0.25) is 0 Å². The number of nitrogens with zero attached hydrogens (tertiary/aromatic N) is 2. The summed E-state index contributed by atoms with van der Waals surface area (Å²) in [4.78, 5) is 18.1. The fourth-order valence-corrected chi connectivity index (χ4v) is 3.53. The highest BCUT2D eigenvalue weighted by atomic mass is 16.5. The summed E-state index contributed by atoms with van der Waals surface area (Å²) >= 11 is 0. The molecule has 26 heavy (non-hydrogen) atoms. The topological polar surface area (TPSA) is 56.1 Å². The standard InChI is InChI=1S/C21H31N3O2/c1-14(2)13-26-17-7-8-19-18(10-17)21(25)24(20(23-19)15(3)4)12-16-6-5-9-22-11-16/h7-8,10,14-16,22H,5-6,9,11-13H2,1-4H3/t16-/m0/s1. The van der Waals surface area contributed by atoms with Crippen molar-refractivity contribution in [1.82, 2.24) is 14.9 Å². The van der Waals surface area contributed by atoms with Crippen molar-refractivity contribution in [1.29, 1.82) is 0 Å². The Bertz CT molecular complexity index is 805. The molecule has 1 aromatic carbocycles. The van der Waals surface area contributed by atoms with Crippen molar-refractivity contribution in [3.63, 3.8) is 0 Å². The number of ether oxygens (including phenoxy) is 1. The van der Waals surface area contributed by atoms with E-state index in [0.29, 0.717) is 23.8 Å². The van der Waals surface area contributed by atoms with Crippen LogP contribution in [0.1, 0.15) is 52.3 Å². The lowest BCUT2D eigenvalue weighted by Crippen LogP contribution is -2.36. The highest BCUT2D eigenvalue weighted by Crippen LogP contribution is 2.22.